The van der Waals surface area contributed by atoms with Gasteiger partial charge >= 0.3 is 5.97 Å². The van der Waals surface area contributed by atoms with Crippen LogP contribution in [-0.4, -0.2) is 33.4 Å². The lowest BCUT2D eigenvalue weighted by molar-refractivity contribution is -0.153. The van der Waals surface area contributed by atoms with E-state index < -0.39 is 12.1 Å². The molecule has 0 radical (unpaired) electrons. The van der Waals surface area contributed by atoms with Crippen molar-refractivity contribution in [3.8, 4) is 6.07 Å². The number of esters is 1. The molecule has 0 spiro atoms. The van der Waals surface area contributed by atoms with Crippen LogP contribution in [0.3, 0.4) is 0 Å². The molecule has 0 saturated carbocycles. The fourth-order valence-electron chi connectivity index (χ4n) is 3.67. The Morgan fingerprint density at radius 1 is 1.39 bits per heavy atom. The van der Waals surface area contributed by atoms with Gasteiger partial charge in [0.15, 0.2) is 11.9 Å². The number of nitrogens with zero attached hydrogens (tertiary/aromatic N) is 2. The molecule has 7 heteroatoms. The second-order valence-electron chi connectivity index (χ2n) is 8.53. The van der Waals surface area contributed by atoms with Crippen LogP contribution in [0.15, 0.2) is 30.5 Å². The van der Waals surface area contributed by atoms with E-state index in [9.17, 15) is 14.7 Å². The summed E-state index contributed by atoms with van der Waals surface area (Å²) in [4.78, 5) is 31.5. The zero-order chi connectivity index (χ0) is 22.6. The largest absolute Gasteiger partial charge is 0.464 e. The predicted molar refractivity (Wildman–Crippen MR) is 115 cm³/mol. The number of ether oxygens (including phenoxy) is 1. The van der Waals surface area contributed by atoms with Gasteiger partial charge in [0.05, 0.1) is 12.8 Å². The van der Waals surface area contributed by atoms with Crippen molar-refractivity contribution in [3.63, 3.8) is 0 Å². The SMILES string of the molecule is CCOC(=O)C(O)c1ccc(CC(=O)c2ncc(C#N)[nH]2)c(C2=CCC(C)(C)CC2)c1. The Balaban J connectivity index is 1.95. The van der Waals surface area contributed by atoms with Crippen LogP contribution in [0.5, 0.6) is 0 Å². The number of allylic oxidation sites excluding steroid dienone is 2. The van der Waals surface area contributed by atoms with Gasteiger partial charge in [-0.05, 0) is 59.9 Å². The minimum Gasteiger partial charge on any atom is -0.464 e. The standard InChI is InChI=1S/C24H27N3O4/c1-4-31-23(30)21(29)17-6-5-16(12-20(28)22-26-14-18(13-25)27-22)19(11-17)15-7-9-24(2,3)10-8-15/h5-7,11,14,21,29H,4,8-10,12H2,1-3H3,(H,26,27). The number of aliphatic hydroxyl groups excluding tert-OH is 1. The van der Waals surface area contributed by atoms with Gasteiger partial charge in [-0.15, -0.1) is 0 Å². The summed E-state index contributed by atoms with van der Waals surface area (Å²) in [6, 6.07) is 7.11. The zero-order valence-electron chi connectivity index (χ0n) is 18.1. The maximum absolute atomic E-state index is 12.7. The number of nitrogens with one attached hydrogen (secondary N) is 1. The molecule has 162 valence electrons. The van der Waals surface area contributed by atoms with Crippen LogP contribution in [0, 0.1) is 16.7 Å². The van der Waals surface area contributed by atoms with E-state index in [1.54, 1.807) is 25.1 Å². The number of hydrogen-bond acceptors (Lipinski definition) is 6. The molecule has 1 aliphatic rings. The first-order valence-corrected chi connectivity index (χ1v) is 10.4. The number of aromatic nitrogens is 2. The number of H-pyrrole nitrogens is 1. The van der Waals surface area contributed by atoms with Crippen molar-refractivity contribution in [2.75, 3.05) is 6.61 Å². The summed E-state index contributed by atoms with van der Waals surface area (Å²) in [5.74, 6) is -0.800. The molecule has 0 saturated heterocycles. The van der Waals surface area contributed by atoms with Crippen LogP contribution < -0.4 is 0 Å². The first-order chi connectivity index (χ1) is 14.7. The number of carbonyl (C=O) groups excluding carboxylic acids is 2. The van der Waals surface area contributed by atoms with Crippen LogP contribution in [0.1, 0.15) is 79.1 Å². The number of hydrogen-bond donors (Lipinski definition) is 2. The summed E-state index contributed by atoms with van der Waals surface area (Å²) >= 11 is 0. The highest BCUT2D eigenvalue weighted by Crippen LogP contribution is 2.39. The number of aromatic amines is 1. The lowest BCUT2D eigenvalue weighted by Gasteiger charge is -2.29. The summed E-state index contributed by atoms with van der Waals surface area (Å²) in [6.45, 7) is 6.31. The Morgan fingerprint density at radius 3 is 2.77 bits per heavy atom. The van der Waals surface area contributed by atoms with Gasteiger partial charge < -0.3 is 14.8 Å². The quantitative estimate of drug-likeness (QED) is 0.517. The molecule has 2 N–H and O–H groups in total. The van der Waals surface area contributed by atoms with Gasteiger partial charge in [-0.2, -0.15) is 5.26 Å². The molecule has 0 amide bonds. The smallest absolute Gasteiger partial charge is 0.339 e. The van der Waals surface area contributed by atoms with Crippen molar-refractivity contribution in [2.45, 2.75) is 52.6 Å². The summed E-state index contributed by atoms with van der Waals surface area (Å²) < 4.78 is 4.94. The molecule has 1 heterocycles. The first kappa shape index (κ1) is 22.4. The summed E-state index contributed by atoms with van der Waals surface area (Å²) in [7, 11) is 0. The lowest BCUT2D eigenvalue weighted by Crippen LogP contribution is -2.17. The molecule has 3 rings (SSSR count). The number of carbonyl (C=O) groups is 2. The molecule has 0 bridgehead atoms. The Morgan fingerprint density at radius 2 is 2.16 bits per heavy atom. The van der Waals surface area contributed by atoms with E-state index in [-0.39, 0.29) is 35.7 Å². The molecular formula is C24H27N3O4. The third-order valence-electron chi connectivity index (χ3n) is 5.59. The fourth-order valence-corrected chi connectivity index (χ4v) is 3.67. The number of ketones is 1. The molecular weight excluding hydrogens is 394 g/mol. The van der Waals surface area contributed by atoms with Crippen molar-refractivity contribution in [3.05, 3.63) is 58.7 Å². The predicted octanol–water partition coefficient (Wildman–Crippen LogP) is 3.90. The van der Waals surface area contributed by atoms with E-state index in [2.05, 4.69) is 29.9 Å². The summed E-state index contributed by atoms with van der Waals surface area (Å²) in [5.41, 5.74) is 3.59. The molecule has 0 fully saturated rings. The van der Waals surface area contributed by atoms with E-state index in [4.69, 9.17) is 10.00 Å². The van der Waals surface area contributed by atoms with Crippen molar-refractivity contribution in [1.82, 2.24) is 9.97 Å². The number of aliphatic hydroxyl groups is 1. The molecule has 7 nitrogen and oxygen atoms in total. The highest BCUT2D eigenvalue weighted by molar-refractivity contribution is 5.95. The van der Waals surface area contributed by atoms with Crippen molar-refractivity contribution in [2.24, 2.45) is 5.41 Å². The number of nitriles is 1. The molecule has 1 aromatic carbocycles. The minimum absolute atomic E-state index is 0.0875. The lowest BCUT2D eigenvalue weighted by atomic mass is 9.76. The fraction of sp³-hybridized carbons (Fsp3) is 0.417. The van der Waals surface area contributed by atoms with Crippen LogP contribution in [0.25, 0.3) is 5.57 Å². The Hall–Kier alpha value is -3.24. The van der Waals surface area contributed by atoms with E-state index >= 15 is 0 Å². The molecule has 1 unspecified atom stereocenters. The zero-order valence-corrected chi connectivity index (χ0v) is 18.1. The van der Waals surface area contributed by atoms with Gasteiger partial charge in [-0.3, -0.25) is 4.79 Å². The van der Waals surface area contributed by atoms with E-state index in [0.717, 1.165) is 36.0 Å². The summed E-state index contributed by atoms with van der Waals surface area (Å²) in [6.07, 6.45) is 4.96. The van der Waals surface area contributed by atoms with Gasteiger partial charge in [0, 0.05) is 6.42 Å². The van der Waals surface area contributed by atoms with E-state index in [1.807, 2.05) is 6.07 Å². The molecule has 1 aromatic heterocycles. The number of rotatable bonds is 7. The second-order valence-corrected chi connectivity index (χ2v) is 8.53. The maximum Gasteiger partial charge on any atom is 0.339 e. The van der Waals surface area contributed by atoms with Crippen molar-refractivity contribution < 1.29 is 19.4 Å². The van der Waals surface area contributed by atoms with E-state index in [0.29, 0.717) is 5.56 Å². The average molecular weight is 421 g/mol. The molecule has 1 atom stereocenters. The first-order valence-electron chi connectivity index (χ1n) is 10.4. The third kappa shape index (κ3) is 5.28. The van der Waals surface area contributed by atoms with Crippen molar-refractivity contribution in [1.29, 1.82) is 5.26 Å². The highest BCUT2D eigenvalue weighted by atomic mass is 16.5. The van der Waals surface area contributed by atoms with Crippen LogP contribution in [0.4, 0.5) is 0 Å². The number of imidazole rings is 1. The average Bonchev–Trinajstić information content (AvgIpc) is 3.23. The highest BCUT2D eigenvalue weighted by Gasteiger charge is 2.26. The molecule has 2 aromatic rings. The van der Waals surface area contributed by atoms with E-state index in [1.165, 1.54) is 6.20 Å². The van der Waals surface area contributed by atoms with Crippen molar-refractivity contribution >= 4 is 17.3 Å². The molecule has 0 aliphatic heterocycles. The third-order valence-corrected chi connectivity index (χ3v) is 5.59. The van der Waals surface area contributed by atoms with Gasteiger partial charge in [0.25, 0.3) is 0 Å². The summed E-state index contributed by atoms with van der Waals surface area (Å²) in [5, 5.41) is 19.3. The van der Waals surface area contributed by atoms with Gasteiger partial charge in [-0.25, -0.2) is 9.78 Å². The number of benzene rings is 1. The Bertz CT molecular complexity index is 1060. The maximum atomic E-state index is 12.7. The van der Waals surface area contributed by atoms with Crippen LogP contribution in [-0.2, 0) is 16.0 Å². The second kappa shape index (κ2) is 9.27. The van der Waals surface area contributed by atoms with Gasteiger partial charge in [-0.1, -0.05) is 32.1 Å². The van der Waals surface area contributed by atoms with Crippen LogP contribution >= 0.6 is 0 Å². The van der Waals surface area contributed by atoms with Gasteiger partial charge in [0.2, 0.25) is 5.78 Å². The monoisotopic (exact) mass is 421 g/mol. The number of Topliss-reactive ketones (excluding diaryl/α,β-unsaturated/α-hetero) is 1. The Kier molecular flexibility index (Phi) is 6.71. The van der Waals surface area contributed by atoms with Crippen LogP contribution in [0.2, 0.25) is 0 Å². The molecule has 1 aliphatic carbocycles. The minimum atomic E-state index is -1.38. The topological polar surface area (TPSA) is 116 Å². The Labute approximate surface area is 181 Å². The molecule has 31 heavy (non-hydrogen) atoms. The van der Waals surface area contributed by atoms with Gasteiger partial charge in [0.1, 0.15) is 11.8 Å². The normalized spacial score (nSPS) is 16.2.